The first-order valence-corrected chi connectivity index (χ1v) is 11.9. The molecule has 0 bridgehead atoms. The molecule has 3 unspecified atom stereocenters. The monoisotopic (exact) mass is 465 g/mol. The van der Waals surface area contributed by atoms with Crippen molar-refractivity contribution in [2.45, 2.75) is 44.6 Å². The lowest BCUT2D eigenvalue weighted by Gasteiger charge is -2.35. The fourth-order valence-electron chi connectivity index (χ4n) is 5.47. The number of Topliss-reactive ketones (excluding diaryl/α,β-unsaturated/α-hetero) is 1. The molecule has 0 radical (unpaired) electrons. The molecule has 2 aromatic carbocycles. The Kier molecular flexibility index (Phi) is 7.17. The van der Waals surface area contributed by atoms with Crippen LogP contribution in [0.4, 0.5) is 0 Å². The highest BCUT2D eigenvalue weighted by Gasteiger charge is 2.37. The number of hydrogen-bond donors (Lipinski definition) is 0. The lowest BCUT2D eigenvalue weighted by Crippen LogP contribution is -2.33. The minimum absolute atomic E-state index is 0.0689. The molecule has 182 valence electrons. The standard InChI is InChI=1S/C28H35NO5/c1-7-20-13-18-12-17(8-11-24(18)29(20)2)22-10-9-21(31-3)16-23(22)27(30)19-14-25(32-4)28(34-6)26(15-19)33-5/h8,11-15,21-23H,7,9-10,16H2,1-6H3. The fourth-order valence-corrected chi connectivity index (χ4v) is 5.47. The van der Waals surface area contributed by atoms with E-state index in [1.807, 2.05) is 0 Å². The number of fused-ring (bicyclic) bond motifs is 1. The number of ether oxygens (including phenoxy) is 4. The minimum Gasteiger partial charge on any atom is -0.493 e. The smallest absolute Gasteiger partial charge is 0.203 e. The van der Waals surface area contributed by atoms with Crippen LogP contribution < -0.4 is 14.2 Å². The van der Waals surface area contributed by atoms with E-state index in [1.54, 1.807) is 40.6 Å². The van der Waals surface area contributed by atoms with Crippen LogP contribution in [0.25, 0.3) is 10.9 Å². The van der Waals surface area contributed by atoms with Crippen molar-refractivity contribution in [1.29, 1.82) is 0 Å². The molecular formula is C28H35NO5. The van der Waals surface area contributed by atoms with E-state index in [9.17, 15) is 4.79 Å². The number of hydrogen-bond acceptors (Lipinski definition) is 5. The maximum atomic E-state index is 13.9. The number of carbonyl (C=O) groups excluding carboxylic acids is 1. The topological polar surface area (TPSA) is 58.9 Å². The van der Waals surface area contributed by atoms with Crippen LogP contribution >= 0.6 is 0 Å². The Morgan fingerprint density at radius 2 is 1.68 bits per heavy atom. The summed E-state index contributed by atoms with van der Waals surface area (Å²) < 4.78 is 24.4. The zero-order chi connectivity index (χ0) is 24.4. The van der Waals surface area contributed by atoms with E-state index in [2.05, 4.69) is 42.8 Å². The third-order valence-electron chi connectivity index (χ3n) is 7.38. The average molecular weight is 466 g/mol. The van der Waals surface area contributed by atoms with Crippen molar-refractivity contribution in [3.05, 3.63) is 53.2 Å². The Morgan fingerprint density at radius 1 is 0.971 bits per heavy atom. The van der Waals surface area contributed by atoms with Gasteiger partial charge in [0.15, 0.2) is 17.3 Å². The number of benzene rings is 2. The highest BCUT2D eigenvalue weighted by atomic mass is 16.5. The van der Waals surface area contributed by atoms with E-state index < -0.39 is 0 Å². The van der Waals surface area contributed by atoms with Crippen molar-refractivity contribution >= 4 is 16.7 Å². The molecule has 3 atom stereocenters. The number of nitrogens with zero attached hydrogens (tertiary/aromatic N) is 1. The number of rotatable bonds is 8. The third kappa shape index (κ3) is 4.27. The van der Waals surface area contributed by atoms with Gasteiger partial charge in [0.25, 0.3) is 0 Å². The van der Waals surface area contributed by atoms with E-state index in [1.165, 1.54) is 22.2 Å². The van der Waals surface area contributed by atoms with Crippen molar-refractivity contribution in [2.24, 2.45) is 13.0 Å². The van der Waals surface area contributed by atoms with E-state index in [-0.39, 0.29) is 23.7 Å². The Labute approximate surface area is 201 Å². The number of methoxy groups -OCH3 is 4. The van der Waals surface area contributed by atoms with Gasteiger partial charge < -0.3 is 23.5 Å². The van der Waals surface area contributed by atoms with Crippen molar-refractivity contribution in [3.8, 4) is 17.2 Å². The van der Waals surface area contributed by atoms with Gasteiger partial charge in [0.05, 0.1) is 27.4 Å². The van der Waals surface area contributed by atoms with E-state index in [4.69, 9.17) is 18.9 Å². The van der Waals surface area contributed by atoms with Crippen molar-refractivity contribution in [3.63, 3.8) is 0 Å². The second kappa shape index (κ2) is 10.1. The summed E-state index contributed by atoms with van der Waals surface area (Å²) in [6.45, 7) is 2.17. The fraction of sp³-hybridized carbons (Fsp3) is 0.464. The maximum absolute atomic E-state index is 13.9. The lowest BCUT2D eigenvalue weighted by molar-refractivity contribution is 0.0390. The summed E-state index contributed by atoms with van der Waals surface area (Å²) in [6, 6.07) is 12.4. The number of ketones is 1. The number of aryl methyl sites for hydroxylation is 2. The SMILES string of the molecule is CCc1cc2cc(C3CCC(OC)CC3C(=O)c3cc(OC)c(OC)c(OC)c3)ccc2n1C. The third-order valence-corrected chi connectivity index (χ3v) is 7.38. The van der Waals surface area contributed by atoms with E-state index in [0.717, 1.165) is 19.3 Å². The van der Waals surface area contributed by atoms with Crippen LogP contribution in [-0.4, -0.2) is 44.9 Å². The molecule has 1 aromatic heterocycles. The summed E-state index contributed by atoms with van der Waals surface area (Å²) in [5, 5.41) is 1.23. The first kappa shape index (κ1) is 24.1. The van der Waals surface area contributed by atoms with Gasteiger partial charge in [-0.2, -0.15) is 0 Å². The van der Waals surface area contributed by atoms with Crippen molar-refractivity contribution in [1.82, 2.24) is 4.57 Å². The van der Waals surface area contributed by atoms with E-state index in [0.29, 0.717) is 29.2 Å². The van der Waals surface area contributed by atoms with Gasteiger partial charge in [-0.25, -0.2) is 0 Å². The minimum atomic E-state index is -0.201. The molecule has 1 saturated carbocycles. The quantitative estimate of drug-likeness (QED) is 0.408. The molecule has 1 aliphatic carbocycles. The van der Waals surface area contributed by atoms with Crippen LogP contribution in [0.15, 0.2) is 36.4 Å². The summed E-state index contributed by atoms with van der Waals surface area (Å²) in [6.07, 6.45) is 3.58. The number of aromatic nitrogens is 1. The van der Waals surface area contributed by atoms with Gasteiger partial charge in [0, 0.05) is 42.2 Å². The van der Waals surface area contributed by atoms with Gasteiger partial charge >= 0.3 is 0 Å². The lowest BCUT2D eigenvalue weighted by atomic mass is 9.71. The van der Waals surface area contributed by atoms with Crippen molar-refractivity contribution < 1.29 is 23.7 Å². The van der Waals surface area contributed by atoms with Crippen molar-refractivity contribution in [2.75, 3.05) is 28.4 Å². The zero-order valence-corrected chi connectivity index (χ0v) is 21.0. The largest absolute Gasteiger partial charge is 0.493 e. The predicted octanol–water partition coefficient (Wildman–Crippen LogP) is 5.55. The van der Waals surface area contributed by atoms with Gasteiger partial charge in [-0.15, -0.1) is 0 Å². The van der Waals surface area contributed by atoms with Gasteiger partial charge in [0.2, 0.25) is 5.75 Å². The molecule has 6 nitrogen and oxygen atoms in total. The highest BCUT2D eigenvalue weighted by molar-refractivity contribution is 6.00. The van der Waals surface area contributed by atoms with Crippen LogP contribution in [0.3, 0.4) is 0 Å². The maximum Gasteiger partial charge on any atom is 0.203 e. The Morgan fingerprint density at radius 3 is 2.26 bits per heavy atom. The Balaban J connectivity index is 1.74. The first-order valence-electron chi connectivity index (χ1n) is 11.9. The molecule has 3 aromatic rings. The molecular weight excluding hydrogens is 430 g/mol. The molecule has 6 heteroatoms. The van der Waals surface area contributed by atoms with Gasteiger partial charge in [-0.3, -0.25) is 4.79 Å². The van der Waals surface area contributed by atoms with Crippen LogP contribution in [0.2, 0.25) is 0 Å². The molecule has 1 aliphatic rings. The average Bonchev–Trinajstić information content (AvgIpc) is 3.21. The molecule has 4 rings (SSSR count). The van der Waals surface area contributed by atoms with Gasteiger partial charge in [-0.05, 0) is 67.5 Å². The van der Waals surface area contributed by atoms with Crippen LogP contribution in [-0.2, 0) is 18.2 Å². The second-order valence-corrected chi connectivity index (χ2v) is 9.03. The summed E-state index contributed by atoms with van der Waals surface area (Å²) >= 11 is 0. The molecule has 1 fully saturated rings. The predicted molar refractivity (Wildman–Crippen MR) is 134 cm³/mol. The molecule has 34 heavy (non-hydrogen) atoms. The van der Waals surface area contributed by atoms with E-state index >= 15 is 0 Å². The Hall–Kier alpha value is -2.99. The molecule has 1 heterocycles. The molecule has 0 spiro atoms. The molecule has 0 N–H and O–H groups in total. The molecule has 0 saturated heterocycles. The first-order chi connectivity index (χ1) is 16.4. The Bertz CT molecular complexity index is 1160. The summed E-state index contributed by atoms with van der Waals surface area (Å²) in [7, 11) is 8.53. The van der Waals surface area contributed by atoms with Gasteiger partial charge in [-0.1, -0.05) is 13.0 Å². The zero-order valence-electron chi connectivity index (χ0n) is 21.0. The summed E-state index contributed by atoms with van der Waals surface area (Å²) in [5.74, 6) is 1.45. The van der Waals surface area contributed by atoms with Crippen LogP contribution in [0, 0.1) is 5.92 Å². The summed E-state index contributed by atoms with van der Waals surface area (Å²) in [5.41, 5.74) is 4.30. The molecule has 0 aliphatic heterocycles. The summed E-state index contributed by atoms with van der Waals surface area (Å²) in [4.78, 5) is 13.9. The second-order valence-electron chi connectivity index (χ2n) is 9.03. The highest BCUT2D eigenvalue weighted by Crippen LogP contribution is 2.44. The van der Waals surface area contributed by atoms with Gasteiger partial charge in [0.1, 0.15) is 0 Å². The number of carbonyl (C=O) groups is 1. The van der Waals surface area contributed by atoms with Crippen LogP contribution in [0.5, 0.6) is 17.2 Å². The normalized spacial score (nSPS) is 20.4. The van der Waals surface area contributed by atoms with Crippen LogP contribution in [0.1, 0.15) is 53.7 Å². The molecule has 0 amide bonds.